The zero-order chi connectivity index (χ0) is 13.3. The molecule has 0 saturated carbocycles. The Bertz CT molecular complexity index is 341. The minimum atomic E-state index is -4.77. The van der Waals surface area contributed by atoms with Crippen LogP contribution in [0.25, 0.3) is 0 Å². The van der Waals surface area contributed by atoms with E-state index in [4.69, 9.17) is 9.47 Å². The van der Waals surface area contributed by atoms with Crippen molar-refractivity contribution in [1.29, 1.82) is 0 Å². The third-order valence-corrected chi connectivity index (χ3v) is 2.81. The molecule has 0 aliphatic heterocycles. The Morgan fingerprint density at radius 2 is 1.89 bits per heavy atom. The van der Waals surface area contributed by atoms with E-state index < -0.39 is 27.6 Å². The molecule has 0 spiro atoms. The van der Waals surface area contributed by atoms with Crippen LogP contribution in [0, 0.1) is 0 Å². The summed E-state index contributed by atoms with van der Waals surface area (Å²) in [4.78, 5) is 21.5. The fourth-order valence-corrected chi connectivity index (χ4v) is 1.48. The molecule has 0 saturated heterocycles. The fourth-order valence-electron chi connectivity index (χ4n) is 0.950. The molecule has 0 radical (unpaired) electrons. The summed E-state index contributed by atoms with van der Waals surface area (Å²) in [5.74, 6) is -0.613. The van der Waals surface area contributed by atoms with Gasteiger partial charge in [-0.15, -0.1) is 0 Å². The summed E-state index contributed by atoms with van der Waals surface area (Å²) in [5, 5.41) is -1.83. The van der Waals surface area contributed by atoms with Gasteiger partial charge in [0, 0.05) is 13.0 Å². The van der Waals surface area contributed by atoms with Crippen molar-refractivity contribution < 1.29 is 61.6 Å². The molecule has 7 nitrogen and oxygen atoms in total. The second kappa shape index (κ2) is 11.0. The minimum Gasteiger partial charge on any atom is -0.747 e. The molecule has 0 rings (SSSR count). The minimum absolute atomic E-state index is 0. The molecule has 0 aromatic carbocycles. The number of Topliss-reactive ketones (excluding diaryl/α,β-unsaturated/α-hetero) is 1. The maximum Gasteiger partial charge on any atom is 1.00 e. The van der Waals surface area contributed by atoms with Crippen LogP contribution in [-0.4, -0.2) is 56.7 Å². The van der Waals surface area contributed by atoms with Gasteiger partial charge in [0.15, 0.2) is 5.78 Å². The van der Waals surface area contributed by atoms with Gasteiger partial charge < -0.3 is 18.8 Å². The maximum absolute atomic E-state index is 11.2. The first-order chi connectivity index (χ1) is 7.91. The van der Waals surface area contributed by atoms with E-state index in [2.05, 4.69) is 0 Å². The van der Waals surface area contributed by atoms with Gasteiger partial charge in [0.05, 0.1) is 13.2 Å². The molecule has 0 bridgehead atoms. The summed E-state index contributed by atoms with van der Waals surface area (Å²) >= 11 is 0. The summed E-state index contributed by atoms with van der Waals surface area (Å²) in [6, 6.07) is 0. The van der Waals surface area contributed by atoms with Gasteiger partial charge in [-0.1, -0.05) is 0 Å². The Morgan fingerprint density at radius 1 is 1.33 bits per heavy atom. The first kappa shape index (κ1) is 20.5. The summed E-state index contributed by atoms with van der Waals surface area (Å²) in [6.45, 7) is 2.50. The van der Waals surface area contributed by atoms with Crippen molar-refractivity contribution in [2.45, 2.75) is 18.6 Å². The third kappa shape index (κ3) is 10.1. The molecule has 0 fully saturated rings. The Hall–Kier alpha value is 0.170. The van der Waals surface area contributed by atoms with Crippen LogP contribution in [0.1, 0.15) is 13.3 Å². The fraction of sp³-hybridized carbons (Fsp3) is 0.778. The van der Waals surface area contributed by atoms with Gasteiger partial charge in [0.25, 0.3) is 0 Å². The van der Waals surface area contributed by atoms with Crippen LogP contribution in [0.3, 0.4) is 0 Å². The van der Waals surface area contributed by atoms with Crippen LogP contribution in [0.15, 0.2) is 0 Å². The molecule has 0 aromatic rings. The van der Waals surface area contributed by atoms with Crippen LogP contribution in [-0.2, 0) is 29.2 Å². The van der Waals surface area contributed by atoms with Crippen molar-refractivity contribution in [3.8, 4) is 0 Å². The quantitative estimate of drug-likeness (QED) is 0.175. The average molecular weight is 290 g/mol. The standard InChI is InChI=1S/C9H16O7S.Na/c1-2-15-3-4-16-7-8(11)5-9(6-10)17(12,13)14;/h6,9H,2-5,7H2,1H3,(H,12,13,14);/q;+1/p-1. The second-order valence-corrected chi connectivity index (χ2v) is 4.75. The molecule has 1 atom stereocenters. The molecule has 1 unspecified atom stereocenters. The number of ketones is 1. The Balaban J connectivity index is 0. The van der Waals surface area contributed by atoms with Crippen LogP contribution in [0.5, 0.6) is 0 Å². The number of carbonyl (C=O) groups is 2. The van der Waals surface area contributed by atoms with Crippen molar-refractivity contribution in [2.24, 2.45) is 0 Å². The molecule has 0 aliphatic rings. The van der Waals surface area contributed by atoms with Gasteiger partial charge in [0.1, 0.15) is 28.3 Å². The molecule has 0 heterocycles. The smallest absolute Gasteiger partial charge is 0.747 e. The Kier molecular flexibility index (Phi) is 12.6. The van der Waals surface area contributed by atoms with E-state index in [1.54, 1.807) is 6.92 Å². The topological polar surface area (TPSA) is 110 Å². The van der Waals surface area contributed by atoms with Gasteiger partial charge in [-0.25, -0.2) is 8.42 Å². The van der Waals surface area contributed by atoms with E-state index in [-0.39, 0.29) is 49.1 Å². The van der Waals surface area contributed by atoms with Gasteiger partial charge >= 0.3 is 29.6 Å². The van der Waals surface area contributed by atoms with E-state index in [0.29, 0.717) is 13.2 Å². The molecule has 0 amide bonds. The van der Waals surface area contributed by atoms with E-state index >= 15 is 0 Å². The molecular weight excluding hydrogens is 275 g/mol. The molecule has 9 heteroatoms. The molecule has 0 aromatic heterocycles. The largest absolute Gasteiger partial charge is 1.00 e. The van der Waals surface area contributed by atoms with Crippen LogP contribution in [0.4, 0.5) is 0 Å². The van der Waals surface area contributed by atoms with E-state index in [9.17, 15) is 22.6 Å². The molecule has 0 N–H and O–H groups in total. The molecule has 0 aliphatic carbocycles. The Labute approximate surface area is 128 Å². The SMILES string of the molecule is CCOCCOCC(=O)CC(C=O)S(=O)(=O)[O-].[Na+]. The zero-order valence-electron chi connectivity index (χ0n) is 10.5. The maximum atomic E-state index is 11.2. The van der Waals surface area contributed by atoms with E-state index in [0.717, 1.165) is 0 Å². The summed E-state index contributed by atoms with van der Waals surface area (Å²) in [5.41, 5.74) is 0. The normalized spacial score (nSPS) is 12.6. The monoisotopic (exact) mass is 290 g/mol. The number of aldehydes is 1. The number of hydrogen-bond acceptors (Lipinski definition) is 7. The van der Waals surface area contributed by atoms with Gasteiger partial charge in [0.2, 0.25) is 0 Å². The summed E-state index contributed by atoms with van der Waals surface area (Å²) in [6.07, 6.45) is -0.690. The van der Waals surface area contributed by atoms with Gasteiger partial charge in [-0.2, -0.15) is 0 Å². The molecule has 100 valence electrons. The van der Waals surface area contributed by atoms with Crippen LogP contribution < -0.4 is 29.6 Å². The predicted molar refractivity (Wildman–Crippen MR) is 56.5 cm³/mol. The third-order valence-electron chi connectivity index (χ3n) is 1.79. The van der Waals surface area contributed by atoms with Crippen molar-refractivity contribution in [2.75, 3.05) is 26.4 Å². The van der Waals surface area contributed by atoms with E-state index in [1.807, 2.05) is 0 Å². The van der Waals surface area contributed by atoms with Crippen LogP contribution >= 0.6 is 0 Å². The van der Waals surface area contributed by atoms with E-state index in [1.165, 1.54) is 0 Å². The first-order valence-electron chi connectivity index (χ1n) is 4.99. The van der Waals surface area contributed by atoms with Crippen LogP contribution in [0.2, 0.25) is 0 Å². The average Bonchev–Trinajstić information content (AvgIpc) is 2.24. The van der Waals surface area contributed by atoms with Gasteiger partial charge in [-0.3, -0.25) is 4.79 Å². The van der Waals surface area contributed by atoms with Crippen molar-refractivity contribution in [1.82, 2.24) is 0 Å². The summed E-state index contributed by atoms with van der Waals surface area (Å²) in [7, 11) is -4.77. The second-order valence-electron chi connectivity index (χ2n) is 3.16. The van der Waals surface area contributed by atoms with Crippen molar-refractivity contribution in [3.05, 3.63) is 0 Å². The number of ether oxygens (including phenoxy) is 2. The first-order valence-corrected chi connectivity index (χ1v) is 6.46. The molecular formula is C9H15NaO7S. The number of rotatable bonds is 10. The predicted octanol–water partition coefficient (Wildman–Crippen LogP) is -3.88. The number of hydrogen-bond donors (Lipinski definition) is 0. The van der Waals surface area contributed by atoms with Crippen molar-refractivity contribution in [3.63, 3.8) is 0 Å². The number of carbonyl (C=O) groups excluding carboxylic acids is 2. The summed E-state index contributed by atoms with van der Waals surface area (Å²) < 4.78 is 41.3. The zero-order valence-corrected chi connectivity index (χ0v) is 13.3. The van der Waals surface area contributed by atoms with Gasteiger partial charge in [-0.05, 0) is 6.92 Å². The Morgan fingerprint density at radius 3 is 2.33 bits per heavy atom. The molecule has 18 heavy (non-hydrogen) atoms. The van der Waals surface area contributed by atoms with Crippen molar-refractivity contribution >= 4 is 22.2 Å².